The molecule has 0 bridgehead atoms. The van der Waals surface area contributed by atoms with Crippen molar-refractivity contribution in [3.8, 4) is 0 Å². The minimum Gasteiger partial charge on any atom is -0.498 e. The normalized spacial score (nSPS) is 13.4. The molecule has 0 unspecified atom stereocenters. The molecule has 5 heteroatoms. The van der Waals surface area contributed by atoms with Crippen LogP contribution in [0.2, 0.25) is 0 Å². The molecule has 0 radical (unpaired) electrons. The first-order valence-corrected chi connectivity index (χ1v) is 36.1. The third kappa shape index (κ3) is 61.0. The molecular weight excluding hydrogens is 951 g/mol. The van der Waals surface area contributed by atoms with E-state index < -0.39 is 0 Å². The zero-order valence-corrected chi connectivity index (χ0v) is 56.5. The van der Waals surface area contributed by atoms with Crippen molar-refractivity contribution in [2.75, 3.05) is 65.5 Å². The van der Waals surface area contributed by atoms with Crippen LogP contribution in [0.1, 0.15) is 378 Å². The van der Waals surface area contributed by atoms with Gasteiger partial charge in [-0.3, -0.25) is 4.90 Å². The van der Waals surface area contributed by atoms with Crippen LogP contribution < -0.4 is 0 Å². The minimum atomic E-state index is 0.390. The molecule has 1 aliphatic carbocycles. The third-order valence-corrected chi connectivity index (χ3v) is 15.9. The second-order valence-electron chi connectivity index (χ2n) is 24.2. The zero-order chi connectivity index (χ0) is 58.1. The van der Waals surface area contributed by atoms with Crippen molar-refractivity contribution >= 4 is 0 Å². The van der Waals surface area contributed by atoms with E-state index in [2.05, 4.69) is 104 Å². The lowest BCUT2D eigenvalue weighted by molar-refractivity contribution is 0.0895. The molecule has 0 aromatic carbocycles. The summed E-state index contributed by atoms with van der Waals surface area (Å²) < 4.78 is 13.1. The monoisotopic (exact) mass is 1100 g/mol. The van der Waals surface area contributed by atoms with Crippen LogP contribution in [0.15, 0.2) is 23.7 Å². The first-order chi connectivity index (χ1) is 38.2. The fraction of sp³-hybridized carbons (Fsp3) is 0.945. The van der Waals surface area contributed by atoms with Crippen molar-refractivity contribution in [2.45, 2.75) is 385 Å². The van der Waals surface area contributed by atoms with E-state index in [1.807, 2.05) is 0 Å². The van der Waals surface area contributed by atoms with E-state index >= 15 is 0 Å². The Hall–Kier alpha value is -1.04. The highest BCUT2D eigenvalue weighted by atomic mass is 16.5. The molecule has 1 heterocycles. The van der Waals surface area contributed by atoms with Crippen molar-refractivity contribution < 1.29 is 9.47 Å². The molecule has 0 spiro atoms. The van der Waals surface area contributed by atoms with Crippen LogP contribution in [0, 0.1) is 0 Å². The van der Waals surface area contributed by atoms with Gasteiger partial charge in [0, 0.05) is 52.1 Å². The molecule has 5 nitrogen and oxygen atoms in total. The van der Waals surface area contributed by atoms with Gasteiger partial charge in [0.25, 0.3) is 0 Å². The Morgan fingerprint density at radius 2 is 0.769 bits per heavy atom. The maximum absolute atomic E-state index is 6.57. The Balaban J connectivity index is -0.00000269. The molecule has 78 heavy (non-hydrogen) atoms. The van der Waals surface area contributed by atoms with Gasteiger partial charge in [0.05, 0.1) is 24.2 Å². The predicted molar refractivity (Wildman–Crippen MR) is 357 cm³/mol. The number of likely N-dealkylation sites (N-methyl/N-ethyl adjacent to an activating group) is 1. The van der Waals surface area contributed by atoms with Crippen LogP contribution in [0.25, 0.3) is 0 Å². The maximum Gasteiger partial charge on any atom is 0.0982 e. The maximum atomic E-state index is 6.57. The van der Waals surface area contributed by atoms with Gasteiger partial charge < -0.3 is 19.3 Å². The minimum absolute atomic E-state index is 0.390. The molecule has 0 atom stereocenters. The average molecular weight is 1100 g/mol. The summed E-state index contributed by atoms with van der Waals surface area (Å²) >= 11 is 0. The number of unbranched alkanes of at least 4 members (excludes halogenated alkanes) is 30. The van der Waals surface area contributed by atoms with E-state index in [0.717, 1.165) is 18.8 Å². The molecule has 0 aromatic rings. The second-order valence-corrected chi connectivity index (χ2v) is 24.2. The average Bonchev–Trinajstić information content (AvgIpc) is 3.43. The Morgan fingerprint density at radius 3 is 1.17 bits per heavy atom. The van der Waals surface area contributed by atoms with Crippen molar-refractivity contribution in [1.29, 1.82) is 0 Å². The Kier molecular flexibility index (Phi) is 73.1. The van der Waals surface area contributed by atoms with Crippen LogP contribution in [0.4, 0.5) is 0 Å². The molecule has 470 valence electrons. The SMILES string of the molecule is C=C(CCCCCCCN(CCCCCC(OCCCCCCCCCCC)=C1CCC1)CCN1CCN(CC)CC1)OC(CCCCCCCC)CCCCCCCC.CCC.CCC.CCCC.CCCCCCCC. The van der Waals surface area contributed by atoms with E-state index in [9.17, 15) is 0 Å². The van der Waals surface area contributed by atoms with E-state index in [0.29, 0.717) is 6.10 Å². The second kappa shape index (κ2) is 70.2. The van der Waals surface area contributed by atoms with Gasteiger partial charge >= 0.3 is 0 Å². The summed E-state index contributed by atoms with van der Waals surface area (Å²) in [5.74, 6) is 2.45. The van der Waals surface area contributed by atoms with Crippen LogP contribution in [0.5, 0.6) is 0 Å². The highest BCUT2D eigenvalue weighted by Gasteiger charge is 2.18. The van der Waals surface area contributed by atoms with Crippen LogP contribution in [0.3, 0.4) is 0 Å². The molecule has 0 N–H and O–H groups in total. The van der Waals surface area contributed by atoms with Gasteiger partial charge in [0.15, 0.2) is 0 Å². The summed E-state index contributed by atoms with van der Waals surface area (Å²) in [6, 6.07) is 0. The molecule has 0 amide bonds. The molecule has 0 aromatic heterocycles. The smallest absolute Gasteiger partial charge is 0.0982 e. The van der Waals surface area contributed by atoms with Gasteiger partial charge in [-0.15, -0.1) is 0 Å². The van der Waals surface area contributed by atoms with Crippen molar-refractivity contribution in [3.63, 3.8) is 0 Å². The number of ether oxygens (including phenoxy) is 2. The summed E-state index contributed by atoms with van der Waals surface area (Å²) in [6.45, 7) is 43.1. The molecule has 2 aliphatic rings. The highest BCUT2D eigenvalue weighted by Crippen LogP contribution is 2.32. The van der Waals surface area contributed by atoms with E-state index in [1.165, 1.54) is 354 Å². The van der Waals surface area contributed by atoms with Gasteiger partial charge in [0.2, 0.25) is 0 Å². The first kappa shape index (κ1) is 81.2. The largest absolute Gasteiger partial charge is 0.498 e. The topological polar surface area (TPSA) is 28.2 Å². The molecule has 2 fully saturated rings. The molecule has 1 saturated carbocycles. The lowest BCUT2D eigenvalue weighted by Crippen LogP contribution is -2.48. The number of piperazine rings is 1. The molecule has 1 aliphatic heterocycles. The fourth-order valence-electron chi connectivity index (χ4n) is 10.2. The number of allylic oxidation sites excluding steroid dienone is 3. The van der Waals surface area contributed by atoms with Gasteiger partial charge in [-0.25, -0.2) is 0 Å². The summed E-state index contributed by atoms with van der Waals surface area (Å²) in [6.07, 6.45) is 61.9. The van der Waals surface area contributed by atoms with Gasteiger partial charge in [0.1, 0.15) is 0 Å². The van der Waals surface area contributed by atoms with Crippen molar-refractivity contribution in [2.24, 2.45) is 0 Å². The van der Waals surface area contributed by atoms with Gasteiger partial charge in [-0.2, -0.15) is 0 Å². The Labute approximate surface area is 495 Å². The van der Waals surface area contributed by atoms with E-state index in [-0.39, 0.29) is 0 Å². The van der Waals surface area contributed by atoms with Crippen molar-refractivity contribution in [3.05, 3.63) is 23.7 Å². The van der Waals surface area contributed by atoms with Crippen LogP contribution >= 0.6 is 0 Å². The summed E-state index contributed by atoms with van der Waals surface area (Å²) in [5, 5.41) is 0. The van der Waals surface area contributed by atoms with Crippen LogP contribution in [-0.2, 0) is 9.47 Å². The summed E-state index contributed by atoms with van der Waals surface area (Å²) in [7, 11) is 0. The van der Waals surface area contributed by atoms with Gasteiger partial charge in [-0.1, -0.05) is 295 Å². The number of nitrogens with zero attached hydrogens (tertiary/aromatic N) is 3. The standard InChI is InChI=1S/C55H107N3O2.C8H18.C4H10.2C3H8/c1-6-10-13-16-19-20-21-27-35-51-59-55(53-38-36-39-53)42-32-28-34-44-57(49-50-58-47-45-56(9-4)46-48-58)43-33-26-22-23-29-37-52(5)60-54(40-30-24-17-14-11-7-2)41-31-25-18-15-12-8-3;1-3-5-7-8-6-4-2;1-3-4-2;2*1-3-2/h54H,5-51H2,1-4H3;3-8H2,1-2H3;3-4H2,1-2H3;2*3H2,1-2H3. The quantitative estimate of drug-likeness (QED) is 0.0447. The molecule has 2 rings (SSSR count). The third-order valence-electron chi connectivity index (χ3n) is 15.9. The Bertz CT molecular complexity index is 1100. The lowest BCUT2D eigenvalue weighted by Gasteiger charge is -2.35. The first-order valence-electron chi connectivity index (χ1n) is 36.1. The van der Waals surface area contributed by atoms with Crippen LogP contribution in [-0.4, -0.2) is 86.3 Å². The zero-order valence-electron chi connectivity index (χ0n) is 56.5. The Morgan fingerprint density at radius 1 is 0.410 bits per heavy atom. The lowest BCUT2D eigenvalue weighted by atomic mass is 9.90. The summed E-state index contributed by atoms with van der Waals surface area (Å²) in [5.41, 5.74) is 1.64. The van der Waals surface area contributed by atoms with E-state index in [1.54, 1.807) is 5.57 Å². The summed E-state index contributed by atoms with van der Waals surface area (Å²) in [4.78, 5) is 8.15. The molecular formula is C73H151N3O2. The van der Waals surface area contributed by atoms with Gasteiger partial charge in [-0.05, 0) is 102 Å². The molecule has 1 saturated heterocycles. The van der Waals surface area contributed by atoms with E-state index in [4.69, 9.17) is 9.47 Å². The number of hydrogen-bond acceptors (Lipinski definition) is 5. The predicted octanol–water partition coefficient (Wildman–Crippen LogP) is 24.2. The fourth-order valence-corrected chi connectivity index (χ4v) is 10.2. The number of rotatable bonds is 51. The highest BCUT2D eigenvalue weighted by molar-refractivity contribution is 5.15. The number of hydrogen-bond donors (Lipinski definition) is 0. The van der Waals surface area contributed by atoms with Crippen molar-refractivity contribution in [1.82, 2.24) is 14.7 Å².